The zero-order valence-corrected chi connectivity index (χ0v) is 13.3. The quantitative estimate of drug-likeness (QED) is 0.452. The van der Waals surface area contributed by atoms with E-state index in [1.165, 1.54) is 18.3 Å². The van der Waals surface area contributed by atoms with Crippen LogP contribution in [0, 0.1) is 0 Å². The summed E-state index contributed by atoms with van der Waals surface area (Å²) in [7, 11) is 0. The second kappa shape index (κ2) is 6.17. The zero-order valence-electron chi connectivity index (χ0n) is 13.3. The lowest BCUT2D eigenvalue weighted by Crippen LogP contribution is -2.12. The summed E-state index contributed by atoms with van der Waals surface area (Å²) in [6.07, 6.45) is 1.50. The predicted molar refractivity (Wildman–Crippen MR) is 94.8 cm³/mol. The molecule has 0 aliphatic carbocycles. The van der Waals surface area contributed by atoms with Crippen LogP contribution in [0.4, 0.5) is 5.82 Å². The number of aromatic hydroxyl groups is 2. The molecule has 8 nitrogen and oxygen atoms in total. The van der Waals surface area contributed by atoms with Crippen LogP contribution in [0.2, 0.25) is 0 Å². The van der Waals surface area contributed by atoms with Gasteiger partial charge in [-0.05, 0) is 30.3 Å². The number of fused-ring (bicyclic) bond motifs is 1. The largest absolute Gasteiger partial charge is 0.508 e. The highest BCUT2D eigenvalue weighted by molar-refractivity contribution is 6.07. The van der Waals surface area contributed by atoms with Crippen LogP contribution in [0.15, 0.2) is 54.7 Å². The summed E-state index contributed by atoms with van der Waals surface area (Å²) >= 11 is 0. The van der Waals surface area contributed by atoms with Crippen LogP contribution in [0.25, 0.3) is 22.4 Å². The molecule has 0 saturated heterocycles. The van der Waals surface area contributed by atoms with Gasteiger partial charge in [-0.3, -0.25) is 9.89 Å². The molecule has 0 radical (unpaired) electrons. The zero-order chi connectivity index (χ0) is 18.1. The molecule has 4 rings (SSSR count). The third kappa shape index (κ3) is 2.80. The molecular formula is C18H13N5O3. The lowest BCUT2D eigenvalue weighted by Gasteiger charge is -2.05. The van der Waals surface area contributed by atoms with E-state index in [2.05, 4.69) is 25.5 Å². The first-order chi connectivity index (χ1) is 12.6. The number of hydrogen-bond donors (Lipinski definition) is 4. The van der Waals surface area contributed by atoms with Gasteiger partial charge in [0.25, 0.3) is 5.91 Å². The summed E-state index contributed by atoms with van der Waals surface area (Å²) in [5, 5.41) is 28.9. The predicted octanol–water partition coefficient (Wildman–Crippen LogP) is 2.68. The molecule has 0 unspecified atom stereocenters. The molecule has 2 aromatic heterocycles. The molecule has 128 valence electrons. The second-order valence-corrected chi connectivity index (χ2v) is 5.55. The summed E-state index contributed by atoms with van der Waals surface area (Å²) < 4.78 is 0. The summed E-state index contributed by atoms with van der Waals surface area (Å²) in [5.41, 5.74) is 1.95. The maximum Gasteiger partial charge on any atom is 0.256 e. The van der Waals surface area contributed by atoms with Crippen molar-refractivity contribution < 1.29 is 15.0 Å². The number of hydrogen-bond acceptors (Lipinski definition) is 6. The SMILES string of the molecule is O=C(Nc1[nH]nc2ncc(-c3ccccc3O)nc12)c1cccc(O)c1. The third-order valence-electron chi connectivity index (χ3n) is 3.79. The average Bonchev–Trinajstić information content (AvgIpc) is 3.04. The number of phenols is 2. The highest BCUT2D eigenvalue weighted by atomic mass is 16.3. The van der Waals surface area contributed by atoms with Crippen molar-refractivity contribution in [1.29, 1.82) is 0 Å². The Kier molecular flexibility index (Phi) is 3.70. The van der Waals surface area contributed by atoms with Crippen molar-refractivity contribution in [2.45, 2.75) is 0 Å². The molecule has 4 N–H and O–H groups in total. The van der Waals surface area contributed by atoms with Crippen molar-refractivity contribution in [2.75, 3.05) is 5.32 Å². The summed E-state index contributed by atoms with van der Waals surface area (Å²) in [4.78, 5) is 21.0. The number of aromatic amines is 1. The van der Waals surface area contributed by atoms with Gasteiger partial charge in [0.2, 0.25) is 5.65 Å². The van der Waals surface area contributed by atoms with Gasteiger partial charge in [-0.15, -0.1) is 0 Å². The van der Waals surface area contributed by atoms with E-state index in [-0.39, 0.29) is 22.9 Å². The number of nitrogens with zero attached hydrogens (tertiary/aromatic N) is 3. The molecule has 0 bridgehead atoms. The first-order valence-electron chi connectivity index (χ1n) is 7.71. The number of para-hydroxylation sites is 1. The molecule has 0 aliphatic heterocycles. The highest BCUT2D eigenvalue weighted by Gasteiger charge is 2.15. The van der Waals surface area contributed by atoms with Gasteiger partial charge >= 0.3 is 0 Å². The molecule has 1 amide bonds. The smallest absolute Gasteiger partial charge is 0.256 e. The van der Waals surface area contributed by atoms with Crippen LogP contribution in [0.5, 0.6) is 11.5 Å². The van der Waals surface area contributed by atoms with Crippen molar-refractivity contribution in [3.05, 3.63) is 60.3 Å². The van der Waals surface area contributed by atoms with E-state index in [4.69, 9.17) is 0 Å². The topological polar surface area (TPSA) is 124 Å². The fraction of sp³-hybridized carbons (Fsp3) is 0. The van der Waals surface area contributed by atoms with Gasteiger partial charge in [-0.2, -0.15) is 5.10 Å². The number of H-pyrrole nitrogens is 1. The van der Waals surface area contributed by atoms with E-state index < -0.39 is 5.91 Å². The minimum absolute atomic E-state index is 0.00579. The summed E-state index contributed by atoms with van der Waals surface area (Å²) in [6.45, 7) is 0. The molecule has 26 heavy (non-hydrogen) atoms. The Balaban J connectivity index is 1.71. The Morgan fingerprint density at radius 2 is 1.92 bits per heavy atom. The van der Waals surface area contributed by atoms with Gasteiger partial charge in [0.1, 0.15) is 11.5 Å². The first kappa shape index (κ1) is 15.6. The monoisotopic (exact) mass is 347 g/mol. The van der Waals surface area contributed by atoms with Crippen molar-refractivity contribution in [1.82, 2.24) is 20.2 Å². The lowest BCUT2D eigenvalue weighted by atomic mass is 10.1. The normalized spacial score (nSPS) is 10.8. The van der Waals surface area contributed by atoms with Gasteiger partial charge in [0, 0.05) is 11.1 Å². The van der Waals surface area contributed by atoms with Gasteiger partial charge in [-0.25, -0.2) is 9.97 Å². The van der Waals surface area contributed by atoms with Crippen LogP contribution in [-0.4, -0.2) is 36.3 Å². The Labute approximate surface area is 147 Å². The fourth-order valence-corrected chi connectivity index (χ4v) is 2.53. The van der Waals surface area contributed by atoms with E-state index in [0.717, 1.165) is 0 Å². The maximum atomic E-state index is 12.4. The van der Waals surface area contributed by atoms with Gasteiger partial charge in [-0.1, -0.05) is 18.2 Å². The van der Waals surface area contributed by atoms with E-state index in [9.17, 15) is 15.0 Å². The number of aromatic nitrogens is 4. The van der Waals surface area contributed by atoms with Crippen LogP contribution >= 0.6 is 0 Å². The lowest BCUT2D eigenvalue weighted by molar-refractivity contribution is 0.102. The van der Waals surface area contributed by atoms with Crippen molar-refractivity contribution >= 4 is 22.9 Å². The number of amides is 1. The summed E-state index contributed by atoms with van der Waals surface area (Å²) in [6, 6.07) is 12.7. The fourth-order valence-electron chi connectivity index (χ4n) is 2.53. The average molecular weight is 347 g/mol. The standard InChI is InChI=1S/C18H13N5O3/c24-11-5-3-4-10(8-11)18(26)21-17-15-16(22-23-17)19-9-13(20-15)12-6-1-2-7-14(12)25/h1-9,24-25H,(H2,19,21,22,23,26). The second-order valence-electron chi connectivity index (χ2n) is 5.55. The molecule has 0 atom stereocenters. The molecule has 0 aliphatic rings. The Morgan fingerprint density at radius 1 is 1.08 bits per heavy atom. The maximum absolute atomic E-state index is 12.4. The number of nitrogens with one attached hydrogen (secondary N) is 2. The Hall–Kier alpha value is -3.94. The van der Waals surface area contributed by atoms with Crippen LogP contribution in [0.3, 0.4) is 0 Å². The number of carbonyl (C=O) groups is 1. The molecule has 8 heteroatoms. The minimum atomic E-state index is -0.429. The molecule has 0 fully saturated rings. The minimum Gasteiger partial charge on any atom is -0.508 e. The van der Waals surface area contributed by atoms with Crippen LogP contribution < -0.4 is 5.32 Å². The van der Waals surface area contributed by atoms with Gasteiger partial charge in [0.15, 0.2) is 11.3 Å². The van der Waals surface area contributed by atoms with Crippen molar-refractivity contribution in [2.24, 2.45) is 0 Å². The van der Waals surface area contributed by atoms with Crippen LogP contribution in [0.1, 0.15) is 10.4 Å². The number of rotatable bonds is 3. The molecular weight excluding hydrogens is 334 g/mol. The van der Waals surface area contributed by atoms with Gasteiger partial charge in [0.05, 0.1) is 11.9 Å². The summed E-state index contributed by atoms with van der Waals surface area (Å²) in [5.74, 6) is -0.0805. The van der Waals surface area contributed by atoms with Crippen molar-refractivity contribution in [3.8, 4) is 22.8 Å². The molecule has 0 saturated carbocycles. The number of carbonyl (C=O) groups excluding carboxylic acids is 1. The Morgan fingerprint density at radius 3 is 2.73 bits per heavy atom. The first-order valence-corrected chi connectivity index (χ1v) is 7.71. The number of phenolic OH excluding ortho intramolecular Hbond substituents is 2. The molecule has 0 spiro atoms. The van der Waals surface area contributed by atoms with Gasteiger partial charge < -0.3 is 15.5 Å². The van der Waals surface area contributed by atoms with E-state index in [0.29, 0.717) is 22.4 Å². The van der Waals surface area contributed by atoms with Crippen LogP contribution in [-0.2, 0) is 0 Å². The molecule has 2 heterocycles. The molecule has 4 aromatic rings. The Bertz CT molecular complexity index is 1120. The van der Waals surface area contributed by atoms with E-state index in [1.54, 1.807) is 36.4 Å². The third-order valence-corrected chi connectivity index (χ3v) is 3.79. The molecule has 2 aromatic carbocycles. The van der Waals surface area contributed by atoms with Crippen molar-refractivity contribution in [3.63, 3.8) is 0 Å². The number of benzene rings is 2. The van der Waals surface area contributed by atoms with E-state index in [1.807, 2.05) is 0 Å². The highest BCUT2D eigenvalue weighted by Crippen LogP contribution is 2.28. The number of anilines is 1. The van der Waals surface area contributed by atoms with E-state index >= 15 is 0 Å².